The van der Waals surface area contributed by atoms with Crippen molar-refractivity contribution in [1.82, 2.24) is 4.57 Å². The predicted molar refractivity (Wildman–Crippen MR) is 88.2 cm³/mol. The lowest BCUT2D eigenvalue weighted by atomic mass is 10.1. The van der Waals surface area contributed by atoms with Gasteiger partial charge in [-0.25, -0.2) is 9.18 Å². The zero-order valence-corrected chi connectivity index (χ0v) is 13.1. The molecule has 0 atom stereocenters. The van der Waals surface area contributed by atoms with Crippen LogP contribution in [0.25, 0.3) is 5.69 Å². The number of carbonyl (C=O) groups is 1. The maximum Gasteiger partial charge on any atom is 0.338 e. The third kappa shape index (κ3) is 3.15. The largest absolute Gasteiger partial charge is 0.489 e. The van der Waals surface area contributed by atoms with Gasteiger partial charge in [0.05, 0.1) is 5.56 Å². The van der Waals surface area contributed by atoms with Gasteiger partial charge in [-0.15, -0.1) is 0 Å². The Morgan fingerprint density at radius 1 is 1.17 bits per heavy atom. The molecule has 1 heterocycles. The average Bonchev–Trinajstić information content (AvgIpc) is 3.09. The van der Waals surface area contributed by atoms with Gasteiger partial charge >= 0.3 is 5.97 Å². The fraction of sp³-hybridized carbons (Fsp3) is 0.105. The van der Waals surface area contributed by atoms with Gasteiger partial charge in [0.15, 0.2) is 0 Å². The summed E-state index contributed by atoms with van der Waals surface area (Å²) in [5.41, 5.74) is 1.78. The minimum Gasteiger partial charge on any atom is -0.489 e. The first kappa shape index (κ1) is 15.8. The summed E-state index contributed by atoms with van der Waals surface area (Å²) in [6, 6.07) is 13.8. The second kappa shape index (κ2) is 6.58. The molecule has 0 aliphatic rings. The fourth-order valence-corrected chi connectivity index (χ4v) is 2.47. The van der Waals surface area contributed by atoms with E-state index in [2.05, 4.69) is 0 Å². The zero-order valence-electron chi connectivity index (χ0n) is 13.1. The van der Waals surface area contributed by atoms with Crippen molar-refractivity contribution in [3.63, 3.8) is 0 Å². The molecule has 3 aromatic rings. The van der Waals surface area contributed by atoms with Crippen LogP contribution in [0.5, 0.6) is 5.75 Å². The lowest BCUT2D eigenvalue weighted by Gasteiger charge is -2.12. The maximum absolute atomic E-state index is 14.1. The summed E-state index contributed by atoms with van der Waals surface area (Å²) in [5.74, 6) is -1.42. The molecule has 0 amide bonds. The molecular weight excluding hydrogens is 309 g/mol. The van der Waals surface area contributed by atoms with Crippen molar-refractivity contribution in [2.75, 3.05) is 0 Å². The van der Waals surface area contributed by atoms with Gasteiger partial charge < -0.3 is 14.4 Å². The standard InChI is InChI=1S/C19H16FNO3/c1-13-11-15(21-9-2-3-10-21)7-8-17(13)24-12-14-5-4-6-16(18(14)20)19(22)23/h2-11H,12H2,1H3,(H,22,23). The lowest BCUT2D eigenvalue weighted by Crippen LogP contribution is -2.06. The van der Waals surface area contributed by atoms with Crippen LogP contribution in [-0.4, -0.2) is 15.6 Å². The van der Waals surface area contributed by atoms with E-state index in [0.717, 1.165) is 11.3 Å². The van der Waals surface area contributed by atoms with Crippen molar-refractivity contribution in [3.8, 4) is 11.4 Å². The molecule has 5 heteroatoms. The minimum absolute atomic E-state index is 0.0311. The SMILES string of the molecule is Cc1cc(-n2cccc2)ccc1OCc1cccc(C(=O)O)c1F. The molecule has 0 radical (unpaired) electrons. The van der Waals surface area contributed by atoms with Crippen molar-refractivity contribution in [1.29, 1.82) is 0 Å². The van der Waals surface area contributed by atoms with Gasteiger partial charge in [-0.1, -0.05) is 12.1 Å². The monoisotopic (exact) mass is 325 g/mol. The summed E-state index contributed by atoms with van der Waals surface area (Å²) in [5, 5.41) is 8.96. The number of hydrogen-bond donors (Lipinski definition) is 1. The molecule has 3 rings (SSSR count). The molecular formula is C19H16FNO3. The fourth-order valence-electron chi connectivity index (χ4n) is 2.47. The first-order valence-corrected chi connectivity index (χ1v) is 7.44. The van der Waals surface area contributed by atoms with Crippen LogP contribution in [0.2, 0.25) is 0 Å². The van der Waals surface area contributed by atoms with E-state index in [1.807, 2.05) is 54.2 Å². The molecule has 0 bridgehead atoms. The molecule has 0 aliphatic carbocycles. The highest BCUT2D eigenvalue weighted by Crippen LogP contribution is 2.23. The van der Waals surface area contributed by atoms with Crippen LogP contribution in [0, 0.1) is 12.7 Å². The Bertz CT molecular complexity index is 872. The zero-order chi connectivity index (χ0) is 17.1. The Balaban J connectivity index is 1.78. The highest BCUT2D eigenvalue weighted by Gasteiger charge is 2.14. The van der Waals surface area contributed by atoms with Crippen LogP contribution >= 0.6 is 0 Å². The molecule has 0 saturated carbocycles. The second-order valence-corrected chi connectivity index (χ2v) is 5.41. The number of halogens is 1. The summed E-state index contributed by atoms with van der Waals surface area (Å²) in [7, 11) is 0. The van der Waals surface area contributed by atoms with Crippen LogP contribution in [0.3, 0.4) is 0 Å². The van der Waals surface area contributed by atoms with Crippen LogP contribution in [0.1, 0.15) is 21.5 Å². The average molecular weight is 325 g/mol. The highest BCUT2D eigenvalue weighted by atomic mass is 19.1. The van der Waals surface area contributed by atoms with Crippen molar-refractivity contribution in [2.45, 2.75) is 13.5 Å². The van der Waals surface area contributed by atoms with Crippen LogP contribution in [0.4, 0.5) is 4.39 Å². The second-order valence-electron chi connectivity index (χ2n) is 5.41. The first-order chi connectivity index (χ1) is 11.6. The highest BCUT2D eigenvalue weighted by molar-refractivity contribution is 5.88. The summed E-state index contributed by atoms with van der Waals surface area (Å²) in [4.78, 5) is 11.0. The number of carboxylic acid groups (broad SMARTS) is 1. The normalized spacial score (nSPS) is 10.6. The van der Waals surface area contributed by atoms with E-state index in [9.17, 15) is 9.18 Å². The van der Waals surface area contributed by atoms with Gasteiger partial charge in [0, 0.05) is 23.6 Å². The number of hydrogen-bond acceptors (Lipinski definition) is 2. The van der Waals surface area contributed by atoms with Gasteiger partial charge in [0.25, 0.3) is 0 Å². The van der Waals surface area contributed by atoms with Gasteiger partial charge in [-0.2, -0.15) is 0 Å². The summed E-state index contributed by atoms with van der Waals surface area (Å²) in [6.45, 7) is 1.88. The molecule has 122 valence electrons. The Labute approximate surface area is 138 Å². The molecule has 0 spiro atoms. The topological polar surface area (TPSA) is 51.5 Å². The number of nitrogens with zero attached hydrogens (tertiary/aromatic N) is 1. The van der Waals surface area contributed by atoms with Gasteiger partial charge in [0.2, 0.25) is 0 Å². The van der Waals surface area contributed by atoms with E-state index >= 15 is 0 Å². The number of aryl methyl sites for hydroxylation is 1. The molecule has 24 heavy (non-hydrogen) atoms. The van der Waals surface area contributed by atoms with E-state index in [0.29, 0.717) is 5.75 Å². The Morgan fingerprint density at radius 2 is 1.92 bits per heavy atom. The molecule has 2 aromatic carbocycles. The molecule has 1 aromatic heterocycles. The smallest absolute Gasteiger partial charge is 0.338 e. The number of aromatic carboxylic acids is 1. The Hall–Kier alpha value is -3.08. The van der Waals surface area contributed by atoms with Gasteiger partial charge in [0.1, 0.15) is 18.2 Å². The van der Waals surface area contributed by atoms with E-state index in [1.54, 1.807) is 0 Å². The van der Waals surface area contributed by atoms with Gasteiger partial charge in [-0.3, -0.25) is 0 Å². The molecule has 1 N–H and O–H groups in total. The first-order valence-electron chi connectivity index (χ1n) is 7.44. The molecule has 4 nitrogen and oxygen atoms in total. The molecule has 0 unspecified atom stereocenters. The number of benzene rings is 2. The third-order valence-corrected chi connectivity index (χ3v) is 3.75. The predicted octanol–water partition coefficient (Wildman–Crippen LogP) is 4.20. The van der Waals surface area contributed by atoms with E-state index in [-0.39, 0.29) is 17.7 Å². The number of aromatic nitrogens is 1. The molecule has 0 saturated heterocycles. The van der Waals surface area contributed by atoms with Crippen LogP contribution < -0.4 is 4.74 Å². The quantitative estimate of drug-likeness (QED) is 0.765. The van der Waals surface area contributed by atoms with Crippen LogP contribution in [0.15, 0.2) is 60.9 Å². The van der Waals surface area contributed by atoms with Crippen LogP contribution in [-0.2, 0) is 6.61 Å². The third-order valence-electron chi connectivity index (χ3n) is 3.75. The van der Waals surface area contributed by atoms with Crippen molar-refractivity contribution < 1.29 is 19.0 Å². The number of carboxylic acids is 1. The van der Waals surface area contributed by atoms with E-state index in [4.69, 9.17) is 9.84 Å². The molecule has 0 aliphatic heterocycles. The molecule has 0 fully saturated rings. The lowest BCUT2D eigenvalue weighted by molar-refractivity contribution is 0.0691. The number of ether oxygens (including phenoxy) is 1. The van der Waals surface area contributed by atoms with Crippen molar-refractivity contribution in [2.24, 2.45) is 0 Å². The summed E-state index contributed by atoms with van der Waals surface area (Å²) < 4.78 is 21.8. The summed E-state index contributed by atoms with van der Waals surface area (Å²) >= 11 is 0. The van der Waals surface area contributed by atoms with E-state index < -0.39 is 11.8 Å². The maximum atomic E-state index is 14.1. The Morgan fingerprint density at radius 3 is 2.58 bits per heavy atom. The number of rotatable bonds is 5. The summed E-state index contributed by atoms with van der Waals surface area (Å²) in [6.07, 6.45) is 3.89. The van der Waals surface area contributed by atoms with Crippen molar-refractivity contribution in [3.05, 3.63) is 83.4 Å². The van der Waals surface area contributed by atoms with Crippen molar-refractivity contribution >= 4 is 5.97 Å². The van der Waals surface area contributed by atoms with Gasteiger partial charge in [-0.05, 0) is 48.9 Å². The van der Waals surface area contributed by atoms with E-state index in [1.165, 1.54) is 18.2 Å². The Kier molecular flexibility index (Phi) is 4.33. The minimum atomic E-state index is -1.29.